The monoisotopic (exact) mass is 332 g/mol. The van der Waals surface area contributed by atoms with Gasteiger partial charge in [0.1, 0.15) is 0 Å². The molecule has 1 saturated heterocycles. The van der Waals surface area contributed by atoms with Gasteiger partial charge in [-0.25, -0.2) is 9.13 Å². The number of phosphoric ester groups is 1. The lowest BCUT2D eigenvalue weighted by Gasteiger charge is -2.12. The van der Waals surface area contributed by atoms with Crippen LogP contribution in [0.5, 0.6) is 0 Å². The summed E-state index contributed by atoms with van der Waals surface area (Å²) in [5.41, 5.74) is 0.0898. The molecule has 0 saturated carbocycles. The van der Waals surface area contributed by atoms with E-state index in [0.717, 1.165) is 38.7 Å². The Morgan fingerprint density at radius 2 is 1.65 bits per heavy atom. The van der Waals surface area contributed by atoms with Crippen LogP contribution in [0.3, 0.4) is 0 Å². The number of epoxide rings is 1. The number of hydrogen-bond donors (Lipinski definition) is 3. The first-order valence-electron chi connectivity index (χ1n) is 6.50. The van der Waals surface area contributed by atoms with Crippen molar-refractivity contribution < 1.29 is 37.4 Å². The Morgan fingerprint density at radius 3 is 2.20 bits per heavy atom. The van der Waals surface area contributed by atoms with Gasteiger partial charge in [0.05, 0.1) is 18.8 Å². The highest BCUT2D eigenvalue weighted by Crippen LogP contribution is 2.57. The van der Waals surface area contributed by atoms with E-state index in [9.17, 15) is 9.13 Å². The van der Waals surface area contributed by atoms with Crippen molar-refractivity contribution in [3.8, 4) is 0 Å². The Bertz CT molecular complexity index is 389. The molecule has 20 heavy (non-hydrogen) atoms. The molecular weight excluding hydrogens is 310 g/mol. The first-order chi connectivity index (χ1) is 9.12. The zero-order chi connectivity index (χ0) is 15.3. The van der Waals surface area contributed by atoms with Crippen LogP contribution >= 0.6 is 15.6 Å². The van der Waals surface area contributed by atoms with Gasteiger partial charge >= 0.3 is 15.6 Å². The lowest BCUT2D eigenvalue weighted by atomic mass is 10.0. The number of rotatable bonds is 11. The molecule has 0 aliphatic carbocycles. The largest absolute Gasteiger partial charge is 0.481 e. The van der Waals surface area contributed by atoms with Gasteiger partial charge < -0.3 is 19.4 Å². The predicted molar refractivity (Wildman–Crippen MR) is 71.0 cm³/mol. The molecule has 0 aromatic heterocycles. The Hall–Kier alpha value is 0.220. The maximum atomic E-state index is 11.1. The summed E-state index contributed by atoms with van der Waals surface area (Å²) in [5, 5.41) is 0. The Balaban J connectivity index is 1.96. The Labute approximate surface area is 118 Å². The molecule has 0 radical (unpaired) electrons. The van der Waals surface area contributed by atoms with Gasteiger partial charge in [-0.2, -0.15) is 4.31 Å². The first-order valence-corrected chi connectivity index (χ1v) is 9.53. The van der Waals surface area contributed by atoms with Gasteiger partial charge in [-0.15, -0.1) is 0 Å². The third-order valence-electron chi connectivity index (χ3n) is 2.95. The van der Waals surface area contributed by atoms with E-state index in [1.54, 1.807) is 0 Å². The van der Waals surface area contributed by atoms with Gasteiger partial charge in [-0.3, -0.25) is 4.52 Å². The van der Waals surface area contributed by atoms with Crippen molar-refractivity contribution in [1.29, 1.82) is 0 Å². The molecule has 0 amide bonds. The summed E-state index contributed by atoms with van der Waals surface area (Å²) in [5.74, 6) is 0. The zero-order valence-electron chi connectivity index (χ0n) is 11.4. The summed E-state index contributed by atoms with van der Waals surface area (Å²) >= 11 is 0. The van der Waals surface area contributed by atoms with E-state index < -0.39 is 15.6 Å². The van der Waals surface area contributed by atoms with Crippen LogP contribution < -0.4 is 0 Å². The minimum atomic E-state index is -5.02. The summed E-state index contributed by atoms with van der Waals surface area (Å²) in [6.07, 6.45) is 5.49. The third-order valence-corrected chi connectivity index (χ3v) is 5.14. The van der Waals surface area contributed by atoms with Crippen molar-refractivity contribution in [2.24, 2.45) is 0 Å². The second-order valence-electron chi connectivity index (χ2n) is 5.13. The molecule has 0 bridgehead atoms. The molecule has 0 aromatic rings. The zero-order valence-corrected chi connectivity index (χ0v) is 13.2. The van der Waals surface area contributed by atoms with Gasteiger partial charge in [-0.1, -0.05) is 25.7 Å². The van der Waals surface area contributed by atoms with Crippen molar-refractivity contribution in [1.82, 2.24) is 0 Å². The first kappa shape index (κ1) is 18.3. The smallest absolute Gasteiger partial charge is 0.370 e. The molecule has 0 spiro atoms. The number of hydrogen-bond acceptors (Lipinski definition) is 5. The van der Waals surface area contributed by atoms with E-state index in [1.165, 1.54) is 0 Å². The molecule has 1 fully saturated rings. The maximum Gasteiger partial charge on any atom is 0.481 e. The van der Waals surface area contributed by atoms with Crippen molar-refractivity contribution in [2.45, 2.75) is 51.0 Å². The molecular formula is C10H22O8P2. The Kier molecular flexibility index (Phi) is 6.83. The number of phosphoric acid groups is 2. The molecule has 8 nitrogen and oxygen atoms in total. The fraction of sp³-hybridized carbons (Fsp3) is 1.00. The normalized spacial score (nSPS) is 25.4. The SMILES string of the molecule is CC1(CCCCCCCOP(=O)(O)OP(=O)(O)O)CO1. The topological polar surface area (TPSA) is 126 Å². The van der Waals surface area contributed by atoms with Crippen molar-refractivity contribution >= 4 is 15.6 Å². The fourth-order valence-corrected chi connectivity index (χ4v) is 3.36. The summed E-state index contributed by atoms with van der Waals surface area (Å²) < 4.78 is 34.8. The fourth-order valence-electron chi connectivity index (χ4n) is 1.74. The molecule has 1 rings (SSSR count). The number of ether oxygens (including phenoxy) is 1. The van der Waals surface area contributed by atoms with Crippen LogP contribution in [0.15, 0.2) is 0 Å². The molecule has 2 atom stereocenters. The molecule has 10 heteroatoms. The molecule has 3 N–H and O–H groups in total. The van der Waals surface area contributed by atoms with Crippen LogP contribution in [0.2, 0.25) is 0 Å². The molecule has 1 aliphatic rings. The minimum Gasteiger partial charge on any atom is -0.370 e. The lowest BCUT2D eigenvalue weighted by molar-refractivity contribution is 0.175. The van der Waals surface area contributed by atoms with Crippen LogP contribution in [0.4, 0.5) is 0 Å². The molecule has 1 aliphatic heterocycles. The van der Waals surface area contributed by atoms with Gasteiger partial charge in [0.15, 0.2) is 0 Å². The number of unbranched alkanes of at least 4 members (excludes halogenated alkanes) is 4. The van der Waals surface area contributed by atoms with E-state index in [2.05, 4.69) is 15.8 Å². The molecule has 2 unspecified atom stereocenters. The summed E-state index contributed by atoms with van der Waals surface area (Å²) in [6, 6.07) is 0. The summed E-state index contributed by atoms with van der Waals surface area (Å²) in [4.78, 5) is 25.8. The molecule has 0 aromatic carbocycles. The van der Waals surface area contributed by atoms with E-state index in [4.69, 9.17) is 19.4 Å². The minimum absolute atomic E-state index is 0.0748. The molecule has 1 heterocycles. The van der Waals surface area contributed by atoms with Gasteiger partial charge in [0.25, 0.3) is 0 Å². The van der Waals surface area contributed by atoms with E-state index in [1.807, 2.05) is 0 Å². The predicted octanol–water partition coefficient (Wildman–Crippen LogP) is 2.34. The van der Waals surface area contributed by atoms with Crippen molar-refractivity contribution in [3.05, 3.63) is 0 Å². The molecule has 120 valence electrons. The van der Waals surface area contributed by atoms with Crippen LogP contribution in [0.25, 0.3) is 0 Å². The highest BCUT2D eigenvalue weighted by Gasteiger charge is 2.38. The van der Waals surface area contributed by atoms with Crippen LogP contribution in [-0.2, 0) is 22.7 Å². The lowest BCUT2D eigenvalue weighted by Crippen LogP contribution is -2.03. The second-order valence-corrected chi connectivity index (χ2v) is 7.96. The standard InChI is InChI=1S/C10H22O8P2/c1-10(9-16-10)7-5-3-2-4-6-8-17-20(14,15)18-19(11,12)13/h2-9H2,1H3,(H,14,15)(H2,11,12,13). The summed E-state index contributed by atoms with van der Waals surface area (Å²) in [7, 11) is -9.69. The third kappa shape index (κ3) is 9.21. The van der Waals surface area contributed by atoms with Crippen LogP contribution in [-0.4, -0.2) is 33.5 Å². The van der Waals surface area contributed by atoms with Gasteiger partial charge in [0.2, 0.25) is 0 Å². The highest BCUT2D eigenvalue weighted by molar-refractivity contribution is 7.60. The van der Waals surface area contributed by atoms with E-state index in [0.29, 0.717) is 6.42 Å². The van der Waals surface area contributed by atoms with Crippen molar-refractivity contribution in [3.63, 3.8) is 0 Å². The van der Waals surface area contributed by atoms with Gasteiger partial charge in [0, 0.05) is 0 Å². The van der Waals surface area contributed by atoms with Crippen molar-refractivity contribution in [2.75, 3.05) is 13.2 Å². The second kappa shape index (κ2) is 7.47. The summed E-state index contributed by atoms with van der Waals surface area (Å²) in [6.45, 7) is 2.85. The quantitative estimate of drug-likeness (QED) is 0.299. The van der Waals surface area contributed by atoms with Crippen LogP contribution in [0, 0.1) is 0 Å². The maximum absolute atomic E-state index is 11.1. The van der Waals surface area contributed by atoms with Crippen LogP contribution in [0.1, 0.15) is 45.4 Å². The van der Waals surface area contributed by atoms with Gasteiger partial charge in [-0.05, 0) is 19.8 Å². The Morgan fingerprint density at radius 1 is 1.10 bits per heavy atom. The average Bonchev–Trinajstić information content (AvgIpc) is 2.97. The average molecular weight is 332 g/mol. The van der Waals surface area contributed by atoms with E-state index >= 15 is 0 Å². The van der Waals surface area contributed by atoms with E-state index in [-0.39, 0.29) is 12.2 Å². The highest BCUT2D eigenvalue weighted by atomic mass is 31.3.